The van der Waals surface area contributed by atoms with E-state index >= 15 is 0 Å². The molecule has 0 spiro atoms. The number of nitrogens with zero attached hydrogens (tertiary/aromatic N) is 3. The number of carbonyl (C=O) groups excluding carboxylic acids is 1. The highest BCUT2D eigenvalue weighted by molar-refractivity contribution is 5.94. The van der Waals surface area contributed by atoms with E-state index < -0.39 is 22.8 Å². The van der Waals surface area contributed by atoms with Crippen LogP contribution in [0.4, 0.5) is 4.39 Å². The van der Waals surface area contributed by atoms with E-state index in [2.05, 4.69) is 10.3 Å². The number of aromatic nitrogens is 2. The Morgan fingerprint density at radius 1 is 1.39 bits per heavy atom. The molecule has 2 N–H and O–H groups in total. The van der Waals surface area contributed by atoms with Crippen molar-refractivity contribution in [1.82, 2.24) is 19.8 Å². The summed E-state index contributed by atoms with van der Waals surface area (Å²) in [5.41, 5.74) is -0.0264. The summed E-state index contributed by atoms with van der Waals surface area (Å²) in [7, 11) is 1.92. The van der Waals surface area contributed by atoms with Gasteiger partial charge in [-0.05, 0) is 45.0 Å². The van der Waals surface area contributed by atoms with Crippen LogP contribution in [0, 0.1) is 0 Å². The number of aromatic hydroxyl groups is 1. The predicted octanol–water partition coefficient (Wildman–Crippen LogP) is 1.99. The van der Waals surface area contributed by atoms with Crippen molar-refractivity contribution in [2.75, 3.05) is 20.1 Å². The average Bonchev–Trinajstić information content (AvgIpc) is 2.79. The topological polar surface area (TPSA) is 87.5 Å². The van der Waals surface area contributed by atoms with Crippen molar-refractivity contribution in [1.29, 1.82) is 0 Å². The van der Waals surface area contributed by atoms with Crippen LogP contribution in [0.5, 0.6) is 5.75 Å². The molecule has 8 heteroatoms. The predicted molar refractivity (Wildman–Crippen MR) is 104 cm³/mol. The van der Waals surface area contributed by atoms with Gasteiger partial charge in [-0.15, -0.1) is 0 Å². The molecule has 1 aromatic heterocycles. The van der Waals surface area contributed by atoms with Gasteiger partial charge in [0.2, 0.25) is 5.75 Å². The molecule has 0 saturated carbocycles. The van der Waals surface area contributed by atoms with Gasteiger partial charge >= 0.3 is 0 Å². The summed E-state index contributed by atoms with van der Waals surface area (Å²) in [5, 5.41) is 12.9. The molecule has 0 radical (unpaired) electrons. The summed E-state index contributed by atoms with van der Waals surface area (Å²) >= 11 is 0. The Hall–Kier alpha value is -2.74. The Labute approximate surface area is 162 Å². The summed E-state index contributed by atoms with van der Waals surface area (Å²) in [6, 6.07) is 0. The van der Waals surface area contributed by atoms with Crippen LogP contribution in [0.1, 0.15) is 43.5 Å². The maximum atomic E-state index is 13.5. The summed E-state index contributed by atoms with van der Waals surface area (Å²) in [5.74, 6) is -1.12. The fourth-order valence-electron chi connectivity index (χ4n) is 3.37. The van der Waals surface area contributed by atoms with Crippen LogP contribution >= 0.6 is 0 Å². The van der Waals surface area contributed by atoms with Gasteiger partial charge < -0.3 is 10.4 Å². The number of likely N-dealkylation sites (N-methyl/N-ethyl adjacent to an activating group) is 1. The van der Waals surface area contributed by atoms with Crippen LogP contribution < -0.4 is 10.9 Å². The molecule has 1 amide bonds. The Kier molecular flexibility index (Phi) is 5.25. The number of fused-ring (bicyclic) bond motifs is 1. The molecule has 3 rings (SSSR count). The maximum absolute atomic E-state index is 13.5. The minimum Gasteiger partial charge on any atom is -0.501 e. The van der Waals surface area contributed by atoms with Crippen LogP contribution in [0.2, 0.25) is 0 Å². The van der Waals surface area contributed by atoms with Gasteiger partial charge in [0, 0.05) is 26.1 Å². The van der Waals surface area contributed by atoms with Crippen molar-refractivity contribution in [3.63, 3.8) is 0 Å². The van der Waals surface area contributed by atoms with Crippen LogP contribution in [-0.4, -0.2) is 45.6 Å². The summed E-state index contributed by atoms with van der Waals surface area (Å²) in [4.78, 5) is 31.6. The quantitative estimate of drug-likeness (QED) is 0.827. The number of nitrogens with one attached hydrogen (secondary N) is 1. The molecule has 1 aromatic rings. The number of halogens is 1. The first kappa shape index (κ1) is 20.0. The monoisotopic (exact) mass is 388 g/mol. The summed E-state index contributed by atoms with van der Waals surface area (Å²) < 4.78 is 14.9. The minimum atomic E-state index is -0.658. The summed E-state index contributed by atoms with van der Waals surface area (Å²) in [6.45, 7) is 6.74. The highest BCUT2D eigenvalue weighted by atomic mass is 19.1. The Bertz CT molecular complexity index is 972. The fourth-order valence-corrected chi connectivity index (χ4v) is 3.37. The molecular weight excluding hydrogens is 363 g/mol. The van der Waals surface area contributed by atoms with Gasteiger partial charge in [0.25, 0.3) is 11.5 Å². The van der Waals surface area contributed by atoms with E-state index in [9.17, 15) is 19.1 Å². The molecule has 0 saturated heterocycles. The smallest absolute Gasteiger partial charge is 0.296 e. The third-order valence-corrected chi connectivity index (χ3v) is 5.47. The van der Waals surface area contributed by atoms with Crippen molar-refractivity contribution in [3.05, 3.63) is 57.1 Å². The normalized spacial score (nSPS) is 19.1. The lowest BCUT2D eigenvalue weighted by Crippen LogP contribution is -2.51. The van der Waals surface area contributed by atoms with Gasteiger partial charge in [-0.3, -0.25) is 19.1 Å². The first-order valence-electron chi connectivity index (χ1n) is 9.19. The summed E-state index contributed by atoms with van der Waals surface area (Å²) in [6.07, 6.45) is 5.08. The number of carbonyl (C=O) groups is 1. The van der Waals surface area contributed by atoms with E-state index in [0.717, 1.165) is 5.57 Å². The second kappa shape index (κ2) is 7.35. The number of rotatable bonds is 3. The Morgan fingerprint density at radius 3 is 2.82 bits per heavy atom. The second-order valence-corrected chi connectivity index (χ2v) is 7.66. The molecule has 1 aliphatic carbocycles. The average molecular weight is 388 g/mol. The molecule has 1 aliphatic heterocycles. The van der Waals surface area contributed by atoms with E-state index in [-0.39, 0.29) is 24.5 Å². The molecular formula is C20H25FN4O3. The zero-order chi connectivity index (χ0) is 20.6. The molecule has 7 nitrogen and oxygen atoms in total. The van der Waals surface area contributed by atoms with Gasteiger partial charge in [0.05, 0.1) is 5.54 Å². The number of hydrogen-bond acceptors (Lipinski definition) is 5. The first-order chi connectivity index (χ1) is 13.1. The van der Waals surface area contributed by atoms with Gasteiger partial charge in [-0.1, -0.05) is 12.2 Å². The van der Waals surface area contributed by atoms with E-state index in [1.54, 1.807) is 19.1 Å². The minimum absolute atomic E-state index is 0.133. The van der Waals surface area contributed by atoms with Gasteiger partial charge in [-0.25, -0.2) is 9.37 Å². The van der Waals surface area contributed by atoms with Crippen molar-refractivity contribution in [2.45, 2.75) is 39.3 Å². The molecule has 2 heterocycles. The lowest BCUT2D eigenvalue weighted by molar-refractivity contribution is 0.0925. The highest BCUT2D eigenvalue weighted by Crippen LogP contribution is 2.29. The third-order valence-electron chi connectivity index (χ3n) is 5.47. The molecule has 0 fully saturated rings. The molecule has 28 heavy (non-hydrogen) atoms. The van der Waals surface area contributed by atoms with Crippen molar-refractivity contribution < 1.29 is 14.3 Å². The van der Waals surface area contributed by atoms with E-state index in [1.165, 1.54) is 10.6 Å². The lowest BCUT2D eigenvalue weighted by Gasteiger charge is -2.40. The maximum Gasteiger partial charge on any atom is 0.296 e. The second-order valence-electron chi connectivity index (χ2n) is 7.66. The molecule has 0 aromatic carbocycles. The van der Waals surface area contributed by atoms with E-state index in [0.29, 0.717) is 24.5 Å². The lowest BCUT2D eigenvalue weighted by atomic mass is 9.99. The van der Waals surface area contributed by atoms with Gasteiger partial charge in [0.15, 0.2) is 5.69 Å². The number of hydrogen-bond donors (Lipinski definition) is 2. The molecule has 0 unspecified atom stereocenters. The van der Waals surface area contributed by atoms with E-state index in [1.807, 2.05) is 25.8 Å². The zero-order valence-electron chi connectivity index (χ0n) is 16.5. The largest absolute Gasteiger partial charge is 0.501 e. The molecule has 2 aliphatic rings. The van der Waals surface area contributed by atoms with Crippen molar-refractivity contribution in [3.8, 4) is 5.75 Å². The van der Waals surface area contributed by atoms with Crippen LogP contribution in [-0.2, 0) is 12.1 Å². The van der Waals surface area contributed by atoms with Crippen LogP contribution in [0.25, 0.3) is 0 Å². The highest BCUT2D eigenvalue weighted by Gasteiger charge is 2.36. The number of allylic oxidation sites excluding steroid dienone is 4. The Balaban J connectivity index is 1.91. The fraction of sp³-hybridized carbons (Fsp3) is 0.450. The van der Waals surface area contributed by atoms with Crippen LogP contribution in [0.3, 0.4) is 0 Å². The standard InChI is InChI=1S/C20H25FN4O3/c1-12-10-14(21)7-5-6-13(12)11-22-17(27)15-16(26)18(28)25-9-8-24(4)20(2,3)19(25)23-15/h5-6,10,26H,7-9,11H2,1-4H3,(H,22,27). The molecule has 150 valence electrons. The number of amides is 1. The van der Waals surface area contributed by atoms with Gasteiger partial charge in [-0.2, -0.15) is 0 Å². The van der Waals surface area contributed by atoms with Gasteiger partial charge in [0.1, 0.15) is 11.7 Å². The van der Waals surface area contributed by atoms with Crippen molar-refractivity contribution >= 4 is 5.91 Å². The SMILES string of the molecule is CC1=C(CNC(=O)c2nc3n(c(=O)c2O)CCN(C)C3(C)C)C=CCC(F)=C1. The van der Waals surface area contributed by atoms with Crippen molar-refractivity contribution in [2.24, 2.45) is 0 Å². The third kappa shape index (κ3) is 3.52. The first-order valence-corrected chi connectivity index (χ1v) is 9.19. The molecule has 0 bridgehead atoms. The Morgan fingerprint density at radius 2 is 2.11 bits per heavy atom. The zero-order valence-corrected chi connectivity index (χ0v) is 16.5. The molecule has 0 atom stereocenters. The van der Waals surface area contributed by atoms with Crippen LogP contribution in [0.15, 0.2) is 40.0 Å². The van der Waals surface area contributed by atoms with E-state index in [4.69, 9.17) is 0 Å².